The van der Waals surface area contributed by atoms with E-state index in [1.165, 1.54) is 0 Å². The van der Waals surface area contributed by atoms with Crippen molar-refractivity contribution in [3.63, 3.8) is 0 Å². The third-order valence-electron chi connectivity index (χ3n) is 2.95. The largest absolute Gasteiger partial charge is 0.399 e. The lowest BCUT2D eigenvalue weighted by molar-refractivity contribution is 0.0954. The van der Waals surface area contributed by atoms with Gasteiger partial charge in [0.05, 0.1) is 5.56 Å². The Morgan fingerprint density at radius 2 is 2.05 bits per heavy atom. The van der Waals surface area contributed by atoms with Gasteiger partial charge in [-0.15, -0.1) is 0 Å². The Kier molecular flexibility index (Phi) is 6.19. The molecule has 4 heteroatoms. The maximum atomic E-state index is 12.1. The minimum atomic E-state index is -0.0691. The predicted molar refractivity (Wildman–Crippen MR) is 81.5 cm³/mol. The van der Waals surface area contributed by atoms with Gasteiger partial charge in [0.15, 0.2) is 0 Å². The van der Waals surface area contributed by atoms with E-state index in [2.05, 4.69) is 24.5 Å². The van der Waals surface area contributed by atoms with Gasteiger partial charge in [-0.3, -0.25) is 4.79 Å². The fourth-order valence-electron chi connectivity index (χ4n) is 1.98. The maximum Gasteiger partial charge on any atom is 0.253 e. The van der Waals surface area contributed by atoms with Crippen LogP contribution in [0.25, 0.3) is 0 Å². The van der Waals surface area contributed by atoms with Crippen LogP contribution in [0.5, 0.6) is 0 Å². The summed E-state index contributed by atoms with van der Waals surface area (Å²) in [4.78, 5) is 12.1. The minimum Gasteiger partial charge on any atom is -0.399 e. The molecule has 0 heterocycles. The summed E-state index contributed by atoms with van der Waals surface area (Å²) >= 11 is 0. The molecular formula is C15H25N3O. The number of anilines is 2. The van der Waals surface area contributed by atoms with Crippen molar-refractivity contribution < 1.29 is 4.79 Å². The molecule has 106 valence electrons. The van der Waals surface area contributed by atoms with E-state index in [4.69, 9.17) is 5.73 Å². The lowest BCUT2D eigenvalue weighted by Crippen LogP contribution is -2.26. The van der Waals surface area contributed by atoms with Crippen LogP contribution in [0.2, 0.25) is 0 Å². The molecule has 1 atom stereocenters. The lowest BCUT2D eigenvalue weighted by atomic mass is 10.1. The number of carbonyl (C=O) groups excluding carboxylic acids is 1. The normalized spacial score (nSPS) is 11.9. The molecule has 4 nitrogen and oxygen atoms in total. The second-order valence-electron chi connectivity index (χ2n) is 4.89. The molecule has 1 amide bonds. The zero-order valence-electron chi connectivity index (χ0n) is 12.1. The third kappa shape index (κ3) is 4.81. The Labute approximate surface area is 115 Å². The molecule has 0 radical (unpaired) electrons. The second-order valence-corrected chi connectivity index (χ2v) is 4.89. The lowest BCUT2D eigenvalue weighted by Gasteiger charge is -2.17. The molecule has 0 saturated carbocycles. The van der Waals surface area contributed by atoms with E-state index < -0.39 is 0 Å². The highest BCUT2D eigenvalue weighted by atomic mass is 16.1. The van der Waals surface area contributed by atoms with Gasteiger partial charge in [-0.25, -0.2) is 0 Å². The first-order valence-electron chi connectivity index (χ1n) is 7.02. The number of benzene rings is 1. The number of nitrogen functional groups attached to an aromatic ring is 1. The highest BCUT2D eigenvalue weighted by molar-refractivity contribution is 6.00. The number of hydrogen-bond donors (Lipinski definition) is 3. The van der Waals surface area contributed by atoms with Gasteiger partial charge in [-0.2, -0.15) is 0 Å². The Hall–Kier alpha value is -1.71. The molecule has 19 heavy (non-hydrogen) atoms. The van der Waals surface area contributed by atoms with Gasteiger partial charge in [0.25, 0.3) is 5.91 Å². The Morgan fingerprint density at radius 1 is 1.32 bits per heavy atom. The summed E-state index contributed by atoms with van der Waals surface area (Å²) in [5.74, 6) is -0.0691. The molecule has 0 aliphatic rings. The Bertz CT molecular complexity index is 418. The summed E-state index contributed by atoms with van der Waals surface area (Å²) in [6, 6.07) is 5.76. The smallest absolute Gasteiger partial charge is 0.253 e. The van der Waals surface area contributed by atoms with Gasteiger partial charge in [-0.1, -0.05) is 20.3 Å². The average Bonchev–Trinajstić information content (AvgIpc) is 2.38. The van der Waals surface area contributed by atoms with Crippen LogP contribution in [0.15, 0.2) is 18.2 Å². The van der Waals surface area contributed by atoms with E-state index in [0.717, 1.165) is 24.9 Å². The molecule has 1 rings (SSSR count). The fourth-order valence-corrected chi connectivity index (χ4v) is 1.98. The topological polar surface area (TPSA) is 67.2 Å². The quantitative estimate of drug-likeness (QED) is 0.662. The van der Waals surface area contributed by atoms with Crippen molar-refractivity contribution in [2.24, 2.45) is 0 Å². The first-order valence-corrected chi connectivity index (χ1v) is 7.02. The van der Waals surface area contributed by atoms with Crippen molar-refractivity contribution in [3.8, 4) is 0 Å². The molecule has 1 unspecified atom stereocenters. The van der Waals surface area contributed by atoms with Crippen LogP contribution in [0.3, 0.4) is 0 Å². The van der Waals surface area contributed by atoms with Crippen molar-refractivity contribution in [1.29, 1.82) is 0 Å². The standard InChI is InChI=1S/C15H25N3O/c1-4-6-11(3)18-14-8-7-12(16)10-13(14)15(19)17-9-5-2/h7-8,10-11,18H,4-6,9,16H2,1-3H3,(H,17,19). The molecule has 1 aromatic carbocycles. The van der Waals surface area contributed by atoms with Crippen molar-refractivity contribution in [2.75, 3.05) is 17.6 Å². The van der Waals surface area contributed by atoms with Gasteiger partial charge < -0.3 is 16.4 Å². The maximum absolute atomic E-state index is 12.1. The van der Waals surface area contributed by atoms with Gasteiger partial charge in [0.1, 0.15) is 0 Å². The highest BCUT2D eigenvalue weighted by Gasteiger charge is 2.12. The number of nitrogens with one attached hydrogen (secondary N) is 2. The summed E-state index contributed by atoms with van der Waals surface area (Å²) in [6.45, 7) is 6.98. The first-order chi connectivity index (χ1) is 9.08. The van der Waals surface area contributed by atoms with Gasteiger partial charge in [-0.05, 0) is 38.0 Å². The molecule has 0 aromatic heterocycles. The van der Waals surface area contributed by atoms with Crippen LogP contribution in [0, 0.1) is 0 Å². The zero-order valence-corrected chi connectivity index (χ0v) is 12.1. The summed E-state index contributed by atoms with van der Waals surface area (Å²) < 4.78 is 0. The summed E-state index contributed by atoms with van der Waals surface area (Å²) in [6.07, 6.45) is 3.10. The molecule has 0 saturated heterocycles. The first kappa shape index (κ1) is 15.3. The summed E-state index contributed by atoms with van der Waals surface area (Å²) in [5.41, 5.74) is 7.85. The predicted octanol–water partition coefficient (Wildman–Crippen LogP) is 3.01. The van der Waals surface area contributed by atoms with Gasteiger partial charge in [0.2, 0.25) is 0 Å². The minimum absolute atomic E-state index is 0.0691. The summed E-state index contributed by atoms with van der Waals surface area (Å²) in [7, 11) is 0. The monoisotopic (exact) mass is 263 g/mol. The molecule has 4 N–H and O–H groups in total. The van der Waals surface area contributed by atoms with Crippen molar-refractivity contribution in [1.82, 2.24) is 5.32 Å². The molecule has 1 aromatic rings. The number of amides is 1. The number of carbonyl (C=O) groups is 1. The van der Waals surface area contributed by atoms with Crippen LogP contribution in [-0.2, 0) is 0 Å². The fraction of sp³-hybridized carbons (Fsp3) is 0.533. The highest BCUT2D eigenvalue weighted by Crippen LogP contribution is 2.20. The van der Waals surface area contributed by atoms with E-state index in [-0.39, 0.29) is 5.91 Å². The van der Waals surface area contributed by atoms with Gasteiger partial charge in [0, 0.05) is 24.0 Å². The third-order valence-corrected chi connectivity index (χ3v) is 2.95. The SMILES string of the molecule is CCCNC(=O)c1cc(N)ccc1NC(C)CCC. The molecule has 0 spiro atoms. The van der Waals surface area contributed by atoms with Crippen LogP contribution < -0.4 is 16.4 Å². The van der Waals surface area contributed by atoms with Crippen LogP contribution in [0.1, 0.15) is 50.4 Å². The van der Waals surface area contributed by atoms with Crippen LogP contribution in [0.4, 0.5) is 11.4 Å². The van der Waals surface area contributed by atoms with Crippen molar-refractivity contribution in [2.45, 2.75) is 46.1 Å². The molecule has 0 aliphatic carbocycles. The second kappa shape index (κ2) is 7.67. The number of hydrogen-bond acceptors (Lipinski definition) is 3. The molecule has 0 bridgehead atoms. The van der Waals surface area contributed by atoms with E-state index in [1.807, 2.05) is 19.1 Å². The van der Waals surface area contributed by atoms with E-state index in [0.29, 0.717) is 23.8 Å². The average molecular weight is 263 g/mol. The molecule has 0 fully saturated rings. The number of nitrogens with two attached hydrogens (primary N) is 1. The van der Waals surface area contributed by atoms with Crippen LogP contribution >= 0.6 is 0 Å². The van der Waals surface area contributed by atoms with E-state index in [1.54, 1.807) is 6.07 Å². The molecular weight excluding hydrogens is 238 g/mol. The summed E-state index contributed by atoms with van der Waals surface area (Å²) in [5, 5.41) is 6.27. The molecule has 0 aliphatic heterocycles. The van der Waals surface area contributed by atoms with E-state index in [9.17, 15) is 4.79 Å². The Morgan fingerprint density at radius 3 is 2.68 bits per heavy atom. The number of rotatable bonds is 7. The van der Waals surface area contributed by atoms with Crippen LogP contribution in [-0.4, -0.2) is 18.5 Å². The van der Waals surface area contributed by atoms with Crippen molar-refractivity contribution in [3.05, 3.63) is 23.8 Å². The zero-order chi connectivity index (χ0) is 14.3. The van der Waals surface area contributed by atoms with Crippen molar-refractivity contribution >= 4 is 17.3 Å². The van der Waals surface area contributed by atoms with Gasteiger partial charge >= 0.3 is 0 Å². The van der Waals surface area contributed by atoms with E-state index >= 15 is 0 Å². The Balaban J connectivity index is 2.87.